The van der Waals surface area contributed by atoms with Crippen LogP contribution in [0.2, 0.25) is 0 Å². The third-order valence-corrected chi connectivity index (χ3v) is 5.29. The van der Waals surface area contributed by atoms with Gasteiger partial charge in [-0.2, -0.15) is 9.57 Å². The Morgan fingerprint density at radius 1 is 1.42 bits per heavy atom. The van der Waals surface area contributed by atoms with Crippen LogP contribution in [0.3, 0.4) is 0 Å². The number of nitriles is 1. The van der Waals surface area contributed by atoms with E-state index in [-0.39, 0.29) is 15.9 Å². The van der Waals surface area contributed by atoms with Crippen molar-refractivity contribution >= 4 is 15.7 Å². The maximum absolute atomic E-state index is 12.5. The monoisotopic (exact) mass is 279 g/mol. The van der Waals surface area contributed by atoms with Crippen molar-refractivity contribution < 1.29 is 8.42 Å². The Balaban J connectivity index is 2.44. The Labute approximate surface area is 113 Å². The van der Waals surface area contributed by atoms with E-state index < -0.39 is 10.0 Å². The molecule has 1 aromatic carbocycles. The van der Waals surface area contributed by atoms with E-state index >= 15 is 0 Å². The molecule has 0 spiro atoms. The summed E-state index contributed by atoms with van der Waals surface area (Å²) in [7, 11) is -3.61. The van der Waals surface area contributed by atoms with E-state index in [1.807, 2.05) is 19.9 Å². The second-order valence-electron chi connectivity index (χ2n) is 5.62. The molecule has 0 radical (unpaired) electrons. The zero-order chi connectivity index (χ0) is 14.3. The molecule has 1 aliphatic rings. The molecule has 2 rings (SSSR count). The highest BCUT2D eigenvalue weighted by Gasteiger charge is 2.37. The fourth-order valence-corrected chi connectivity index (χ4v) is 4.02. The highest BCUT2D eigenvalue weighted by molar-refractivity contribution is 7.89. The predicted molar refractivity (Wildman–Crippen MR) is 72.7 cm³/mol. The molecule has 0 aliphatic carbocycles. The summed E-state index contributed by atoms with van der Waals surface area (Å²) < 4.78 is 26.5. The molecule has 0 bridgehead atoms. The van der Waals surface area contributed by atoms with Gasteiger partial charge in [0, 0.05) is 18.8 Å². The summed E-state index contributed by atoms with van der Waals surface area (Å²) in [6.45, 7) is 5.04. The smallest absolute Gasteiger partial charge is 0.244 e. The molecule has 0 aromatic heterocycles. The number of nitrogens with zero attached hydrogens (tertiary/aromatic N) is 2. The van der Waals surface area contributed by atoms with Crippen molar-refractivity contribution in [2.24, 2.45) is 5.41 Å². The first-order valence-electron chi connectivity index (χ1n) is 6.06. The van der Waals surface area contributed by atoms with Crippen LogP contribution < -0.4 is 5.73 Å². The summed E-state index contributed by atoms with van der Waals surface area (Å²) in [4.78, 5) is 0.0434. The lowest BCUT2D eigenvalue weighted by molar-refractivity contribution is 0.375. The first-order chi connectivity index (χ1) is 8.76. The average Bonchev–Trinajstić information content (AvgIpc) is 2.69. The van der Waals surface area contributed by atoms with Crippen LogP contribution in [-0.2, 0) is 10.0 Å². The molecule has 0 amide bonds. The van der Waals surface area contributed by atoms with Crippen molar-refractivity contribution in [2.75, 3.05) is 18.8 Å². The molecule has 5 nitrogen and oxygen atoms in total. The van der Waals surface area contributed by atoms with Gasteiger partial charge < -0.3 is 5.73 Å². The summed E-state index contributed by atoms with van der Waals surface area (Å²) in [6.07, 6.45) is 0.823. The molecule has 2 N–H and O–H groups in total. The highest BCUT2D eigenvalue weighted by atomic mass is 32.2. The minimum Gasteiger partial charge on any atom is -0.399 e. The molecule has 102 valence electrons. The largest absolute Gasteiger partial charge is 0.399 e. The summed E-state index contributed by atoms with van der Waals surface area (Å²) in [6, 6.07) is 6.22. The van der Waals surface area contributed by atoms with Crippen molar-refractivity contribution in [3.05, 3.63) is 23.8 Å². The topological polar surface area (TPSA) is 87.2 Å². The predicted octanol–water partition coefficient (Wildman–Crippen LogP) is 1.56. The molecule has 19 heavy (non-hydrogen) atoms. The minimum atomic E-state index is -3.61. The maximum atomic E-state index is 12.5. The van der Waals surface area contributed by atoms with Gasteiger partial charge in [0.15, 0.2) is 0 Å². The van der Waals surface area contributed by atoms with Crippen molar-refractivity contribution in [1.29, 1.82) is 5.26 Å². The van der Waals surface area contributed by atoms with Gasteiger partial charge in [-0.25, -0.2) is 8.42 Å². The van der Waals surface area contributed by atoms with Crippen LogP contribution in [0.5, 0.6) is 0 Å². The summed E-state index contributed by atoms with van der Waals surface area (Å²) in [5.74, 6) is 0. The fraction of sp³-hybridized carbons (Fsp3) is 0.462. The SMILES string of the molecule is CC1(C)CCN(S(=O)(=O)c2ccc(N)cc2C#N)C1. The lowest BCUT2D eigenvalue weighted by Crippen LogP contribution is -2.30. The Kier molecular flexibility index (Phi) is 3.29. The molecule has 0 saturated carbocycles. The van der Waals surface area contributed by atoms with E-state index in [1.165, 1.54) is 22.5 Å². The molecule has 1 aliphatic heterocycles. The van der Waals surface area contributed by atoms with Crippen LogP contribution in [0.1, 0.15) is 25.8 Å². The van der Waals surface area contributed by atoms with E-state index in [0.717, 1.165) is 6.42 Å². The molecule has 1 fully saturated rings. The second-order valence-corrected chi connectivity index (χ2v) is 7.53. The maximum Gasteiger partial charge on any atom is 0.244 e. The fourth-order valence-electron chi connectivity index (χ4n) is 2.27. The van der Waals surface area contributed by atoms with Gasteiger partial charge >= 0.3 is 0 Å². The minimum absolute atomic E-state index is 0.0202. The Hall–Kier alpha value is -1.58. The number of nitrogen functional groups attached to an aromatic ring is 1. The van der Waals surface area contributed by atoms with Crippen LogP contribution in [0.15, 0.2) is 23.1 Å². The van der Waals surface area contributed by atoms with E-state index in [1.54, 1.807) is 0 Å². The number of sulfonamides is 1. The number of benzene rings is 1. The third-order valence-electron chi connectivity index (χ3n) is 3.38. The summed E-state index contributed by atoms with van der Waals surface area (Å²) >= 11 is 0. The number of anilines is 1. The van der Waals surface area contributed by atoms with Crippen LogP contribution in [0, 0.1) is 16.7 Å². The number of nitrogens with two attached hydrogens (primary N) is 1. The average molecular weight is 279 g/mol. The number of hydrogen-bond donors (Lipinski definition) is 1. The van der Waals surface area contributed by atoms with Gasteiger partial charge in [0.05, 0.1) is 5.56 Å². The standard InChI is InChI=1S/C13H17N3O2S/c1-13(2)5-6-16(9-13)19(17,18)12-4-3-11(15)7-10(12)8-14/h3-4,7H,5-6,9,15H2,1-2H3. The molecule has 1 aromatic rings. The Morgan fingerprint density at radius 2 is 2.11 bits per heavy atom. The van der Waals surface area contributed by atoms with E-state index in [9.17, 15) is 8.42 Å². The Bertz CT molecular complexity index is 644. The van der Waals surface area contributed by atoms with Gasteiger partial charge in [0.2, 0.25) is 10.0 Å². The van der Waals surface area contributed by atoms with Crippen LogP contribution in [0.4, 0.5) is 5.69 Å². The van der Waals surface area contributed by atoms with Crippen LogP contribution >= 0.6 is 0 Å². The van der Waals surface area contributed by atoms with Gasteiger partial charge in [0.25, 0.3) is 0 Å². The molecule has 1 saturated heterocycles. The van der Waals surface area contributed by atoms with Crippen molar-refractivity contribution in [3.63, 3.8) is 0 Å². The third kappa shape index (κ3) is 2.57. The van der Waals surface area contributed by atoms with E-state index in [2.05, 4.69) is 0 Å². The molecule has 1 heterocycles. The molecular formula is C13H17N3O2S. The van der Waals surface area contributed by atoms with Gasteiger partial charge in [-0.05, 0) is 30.0 Å². The van der Waals surface area contributed by atoms with Crippen LogP contribution in [-0.4, -0.2) is 25.8 Å². The highest BCUT2D eigenvalue weighted by Crippen LogP contribution is 2.33. The zero-order valence-electron chi connectivity index (χ0n) is 11.0. The normalized spacial score (nSPS) is 19.2. The Morgan fingerprint density at radius 3 is 2.63 bits per heavy atom. The van der Waals surface area contributed by atoms with Gasteiger partial charge in [-0.3, -0.25) is 0 Å². The summed E-state index contributed by atoms with van der Waals surface area (Å²) in [5.41, 5.74) is 6.05. The van der Waals surface area contributed by atoms with Crippen molar-refractivity contribution in [2.45, 2.75) is 25.2 Å². The van der Waals surface area contributed by atoms with Gasteiger partial charge in [-0.1, -0.05) is 13.8 Å². The first kappa shape index (κ1) is 13.8. The second kappa shape index (κ2) is 4.51. The van der Waals surface area contributed by atoms with E-state index in [4.69, 9.17) is 11.0 Å². The van der Waals surface area contributed by atoms with E-state index in [0.29, 0.717) is 18.8 Å². The van der Waals surface area contributed by atoms with Gasteiger partial charge in [0.1, 0.15) is 11.0 Å². The number of rotatable bonds is 2. The lowest BCUT2D eigenvalue weighted by atomic mass is 9.93. The molecule has 0 unspecified atom stereocenters. The molecular weight excluding hydrogens is 262 g/mol. The number of hydrogen-bond acceptors (Lipinski definition) is 4. The summed E-state index contributed by atoms with van der Waals surface area (Å²) in [5, 5.41) is 9.06. The lowest BCUT2D eigenvalue weighted by Gasteiger charge is -2.20. The van der Waals surface area contributed by atoms with Gasteiger partial charge in [-0.15, -0.1) is 0 Å². The van der Waals surface area contributed by atoms with Crippen molar-refractivity contribution in [3.8, 4) is 6.07 Å². The quantitative estimate of drug-likeness (QED) is 0.832. The van der Waals surface area contributed by atoms with Crippen LogP contribution in [0.25, 0.3) is 0 Å². The first-order valence-corrected chi connectivity index (χ1v) is 7.50. The molecule has 0 atom stereocenters. The van der Waals surface area contributed by atoms with Crippen molar-refractivity contribution in [1.82, 2.24) is 4.31 Å². The zero-order valence-corrected chi connectivity index (χ0v) is 11.9. The molecule has 6 heteroatoms.